The molecule has 2 atom stereocenters. The van der Waals surface area contributed by atoms with Crippen molar-refractivity contribution in [2.75, 3.05) is 13.6 Å². The molecule has 0 aliphatic heterocycles. The van der Waals surface area contributed by atoms with Gasteiger partial charge in [0.2, 0.25) is 0 Å². The summed E-state index contributed by atoms with van der Waals surface area (Å²) < 4.78 is 2.10. The summed E-state index contributed by atoms with van der Waals surface area (Å²) >= 11 is 0. The van der Waals surface area contributed by atoms with Gasteiger partial charge in [0.25, 0.3) is 0 Å². The van der Waals surface area contributed by atoms with Gasteiger partial charge < -0.3 is 5.32 Å². The fourth-order valence-corrected chi connectivity index (χ4v) is 3.09. The molecule has 0 saturated heterocycles. The largest absolute Gasteiger partial charge is 0.319 e. The Bertz CT molecular complexity index is 358. The van der Waals surface area contributed by atoms with Crippen LogP contribution in [0.25, 0.3) is 0 Å². The number of rotatable bonds is 6. The van der Waals surface area contributed by atoms with Crippen molar-refractivity contribution in [1.82, 2.24) is 20.1 Å². The van der Waals surface area contributed by atoms with Crippen molar-refractivity contribution in [3.8, 4) is 0 Å². The maximum absolute atomic E-state index is 4.46. The van der Waals surface area contributed by atoms with Crippen LogP contribution in [0.1, 0.15) is 38.9 Å². The van der Waals surface area contributed by atoms with E-state index in [1.807, 2.05) is 0 Å². The van der Waals surface area contributed by atoms with Crippen molar-refractivity contribution in [3.05, 3.63) is 12.2 Å². The van der Waals surface area contributed by atoms with Crippen LogP contribution in [0, 0.1) is 17.8 Å². The van der Waals surface area contributed by atoms with E-state index in [1.165, 1.54) is 25.1 Å². The first-order valence-electron chi connectivity index (χ1n) is 7.22. The summed E-state index contributed by atoms with van der Waals surface area (Å²) in [5.74, 6) is 3.41. The van der Waals surface area contributed by atoms with Gasteiger partial charge in [0.15, 0.2) is 0 Å². The maximum atomic E-state index is 4.46. The molecule has 4 nitrogen and oxygen atoms in total. The molecule has 2 rings (SSSR count). The van der Waals surface area contributed by atoms with Crippen LogP contribution in [0.15, 0.2) is 6.33 Å². The molecular weight excluding hydrogens is 224 g/mol. The molecule has 1 heterocycles. The minimum atomic E-state index is 0.627. The molecule has 0 radical (unpaired) electrons. The molecule has 0 spiro atoms. The predicted octanol–water partition coefficient (Wildman–Crippen LogP) is 2.11. The van der Waals surface area contributed by atoms with Crippen molar-refractivity contribution in [2.24, 2.45) is 17.8 Å². The van der Waals surface area contributed by atoms with Crippen LogP contribution >= 0.6 is 0 Å². The lowest BCUT2D eigenvalue weighted by Crippen LogP contribution is -2.24. The highest BCUT2D eigenvalue weighted by Gasteiger charge is 2.28. The molecule has 1 saturated carbocycles. The normalized spacial score (nSPS) is 24.0. The SMILES string of the molecule is CNCC1CCCC1Cc1ncnn1CC(C)C. The molecule has 2 unspecified atom stereocenters. The Morgan fingerprint density at radius 1 is 1.39 bits per heavy atom. The minimum Gasteiger partial charge on any atom is -0.319 e. The lowest BCUT2D eigenvalue weighted by Gasteiger charge is -2.19. The fraction of sp³-hybridized carbons (Fsp3) is 0.857. The van der Waals surface area contributed by atoms with E-state index in [9.17, 15) is 0 Å². The number of hydrogen-bond acceptors (Lipinski definition) is 3. The van der Waals surface area contributed by atoms with Gasteiger partial charge in [-0.05, 0) is 44.2 Å². The van der Waals surface area contributed by atoms with Crippen LogP contribution in [0.2, 0.25) is 0 Å². The first-order valence-corrected chi connectivity index (χ1v) is 7.22. The summed E-state index contributed by atoms with van der Waals surface area (Å²) in [5, 5.41) is 7.68. The Labute approximate surface area is 110 Å². The topological polar surface area (TPSA) is 42.7 Å². The fourth-order valence-electron chi connectivity index (χ4n) is 3.09. The van der Waals surface area contributed by atoms with Crippen molar-refractivity contribution < 1.29 is 0 Å². The Morgan fingerprint density at radius 3 is 2.89 bits per heavy atom. The van der Waals surface area contributed by atoms with E-state index >= 15 is 0 Å². The van der Waals surface area contributed by atoms with E-state index in [0.717, 1.165) is 31.3 Å². The van der Waals surface area contributed by atoms with Gasteiger partial charge in [-0.2, -0.15) is 5.10 Å². The van der Waals surface area contributed by atoms with Crippen LogP contribution in [0.3, 0.4) is 0 Å². The summed E-state index contributed by atoms with van der Waals surface area (Å²) in [6.07, 6.45) is 6.89. The Kier molecular flexibility index (Phi) is 4.75. The maximum Gasteiger partial charge on any atom is 0.138 e. The minimum absolute atomic E-state index is 0.627. The first kappa shape index (κ1) is 13.5. The third-order valence-corrected chi connectivity index (χ3v) is 3.96. The Balaban J connectivity index is 1.98. The molecule has 0 bridgehead atoms. The second-order valence-electron chi connectivity index (χ2n) is 5.97. The number of aromatic nitrogens is 3. The van der Waals surface area contributed by atoms with Crippen LogP contribution < -0.4 is 5.32 Å². The van der Waals surface area contributed by atoms with Gasteiger partial charge in [-0.3, -0.25) is 0 Å². The molecule has 1 fully saturated rings. The van der Waals surface area contributed by atoms with E-state index < -0.39 is 0 Å². The van der Waals surface area contributed by atoms with Gasteiger partial charge in [-0.15, -0.1) is 0 Å². The van der Waals surface area contributed by atoms with Crippen molar-refractivity contribution in [1.29, 1.82) is 0 Å². The summed E-state index contributed by atoms with van der Waals surface area (Å²) in [7, 11) is 2.05. The zero-order valence-corrected chi connectivity index (χ0v) is 11.9. The van der Waals surface area contributed by atoms with Gasteiger partial charge in [-0.25, -0.2) is 9.67 Å². The van der Waals surface area contributed by atoms with Crippen molar-refractivity contribution in [3.63, 3.8) is 0 Å². The van der Waals surface area contributed by atoms with E-state index in [4.69, 9.17) is 0 Å². The average Bonchev–Trinajstić information content (AvgIpc) is 2.91. The second-order valence-corrected chi connectivity index (χ2v) is 5.97. The third kappa shape index (κ3) is 3.31. The van der Waals surface area contributed by atoms with Crippen molar-refractivity contribution in [2.45, 2.75) is 46.1 Å². The quantitative estimate of drug-likeness (QED) is 0.841. The smallest absolute Gasteiger partial charge is 0.138 e. The predicted molar refractivity (Wildman–Crippen MR) is 73.3 cm³/mol. The van der Waals surface area contributed by atoms with Crippen molar-refractivity contribution >= 4 is 0 Å². The van der Waals surface area contributed by atoms with Crippen LogP contribution in [0.4, 0.5) is 0 Å². The number of nitrogens with one attached hydrogen (secondary N) is 1. The standard InChI is InChI=1S/C14H26N4/c1-11(2)9-18-14(16-10-17-18)7-12-5-4-6-13(12)8-15-3/h10-13,15H,4-9H2,1-3H3. The lowest BCUT2D eigenvalue weighted by atomic mass is 9.92. The van der Waals surface area contributed by atoms with Gasteiger partial charge in [0.05, 0.1) is 0 Å². The summed E-state index contributed by atoms with van der Waals surface area (Å²) in [6, 6.07) is 0. The zero-order chi connectivity index (χ0) is 13.0. The highest BCUT2D eigenvalue weighted by molar-refractivity contribution is 4.92. The van der Waals surface area contributed by atoms with Crippen LogP contribution in [0.5, 0.6) is 0 Å². The molecule has 1 aliphatic rings. The molecule has 18 heavy (non-hydrogen) atoms. The third-order valence-electron chi connectivity index (χ3n) is 3.96. The van der Waals surface area contributed by atoms with E-state index in [0.29, 0.717) is 5.92 Å². The Morgan fingerprint density at radius 2 is 2.17 bits per heavy atom. The van der Waals surface area contributed by atoms with Crippen LogP contribution in [-0.2, 0) is 13.0 Å². The Hall–Kier alpha value is -0.900. The molecule has 0 aromatic carbocycles. The van der Waals surface area contributed by atoms with E-state index in [1.54, 1.807) is 6.33 Å². The lowest BCUT2D eigenvalue weighted by molar-refractivity contribution is 0.356. The molecule has 102 valence electrons. The highest BCUT2D eigenvalue weighted by Crippen LogP contribution is 2.33. The monoisotopic (exact) mass is 250 g/mol. The highest BCUT2D eigenvalue weighted by atomic mass is 15.3. The van der Waals surface area contributed by atoms with Crippen LogP contribution in [-0.4, -0.2) is 28.4 Å². The zero-order valence-electron chi connectivity index (χ0n) is 11.9. The summed E-state index contributed by atoms with van der Waals surface area (Å²) in [5.41, 5.74) is 0. The van der Waals surface area contributed by atoms with E-state index in [-0.39, 0.29) is 0 Å². The molecule has 0 amide bonds. The molecule has 1 aliphatic carbocycles. The number of nitrogens with zero attached hydrogens (tertiary/aromatic N) is 3. The molecule has 1 N–H and O–H groups in total. The summed E-state index contributed by atoms with van der Waals surface area (Å²) in [4.78, 5) is 4.46. The van der Waals surface area contributed by atoms with E-state index in [2.05, 4.69) is 41.0 Å². The van der Waals surface area contributed by atoms with Gasteiger partial charge in [0.1, 0.15) is 12.2 Å². The molecule has 1 aromatic heterocycles. The molecule has 4 heteroatoms. The van der Waals surface area contributed by atoms with Gasteiger partial charge in [-0.1, -0.05) is 20.3 Å². The molecular formula is C14H26N4. The van der Waals surface area contributed by atoms with Gasteiger partial charge in [0, 0.05) is 13.0 Å². The summed E-state index contributed by atoms with van der Waals surface area (Å²) in [6.45, 7) is 6.58. The molecule has 1 aromatic rings. The number of hydrogen-bond donors (Lipinski definition) is 1. The van der Waals surface area contributed by atoms with Gasteiger partial charge >= 0.3 is 0 Å². The second kappa shape index (κ2) is 6.32. The first-order chi connectivity index (χ1) is 8.70. The average molecular weight is 250 g/mol.